The van der Waals surface area contributed by atoms with Crippen LogP contribution in [0.2, 0.25) is 0 Å². The van der Waals surface area contributed by atoms with Crippen molar-refractivity contribution < 1.29 is 19.4 Å². The number of anilines is 1. The maximum Gasteiger partial charge on any atom is 0.319 e. The number of aliphatic hydroxyl groups is 1. The van der Waals surface area contributed by atoms with Gasteiger partial charge in [-0.25, -0.2) is 4.79 Å². The van der Waals surface area contributed by atoms with Gasteiger partial charge in [-0.2, -0.15) is 0 Å². The fourth-order valence-corrected chi connectivity index (χ4v) is 3.79. The van der Waals surface area contributed by atoms with Crippen molar-refractivity contribution in [3.8, 4) is 11.5 Å². The molecule has 1 atom stereocenters. The first kappa shape index (κ1) is 17.6. The van der Waals surface area contributed by atoms with Crippen molar-refractivity contribution in [3.63, 3.8) is 0 Å². The lowest BCUT2D eigenvalue weighted by molar-refractivity contribution is 0.0200. The summed E-state index contributed by atoms with van der Waals surface area (Å²) in [7, 11) is 3.06. The standard InChI is InChI=1S/C18H22N2O4S/c1-23-14-6-3-5-13(16(14)24-2)20-17(21)19-11-18(22,12-8-9-12)15-7-4-10-25-15/h3-7,10,12,22H,8-9,11H2,1-2H3,(H2,19,20,21). The number of methoxy groups -OCH3 is 2. The fraction of sp³-hybridized carbons (Fsp3) is 0.389. The SMILES string of the molecule is COc1cccc(NC(=O)NCC(O)(c2cccs2)C2CC2)c1OC. The number of thiophene rings is 1. The van der Waals surface area contributed by atoms with Gasteiger partial charge in [-0.05, 0) is 42.3 Å². The highest BCUT2D eigenvalue weighted by Crippen LogP contribution is 2.46. The molecule has 1 unspecified atom stereocenters. The average Bonchev–Trinajstić information content (AvgIpc) is 3.34. The van der Waals surface area contributed by atoms with Gasteiger partial charge in [0.05, 0.1) is 26.5 Å². The first-order valence-corrected chi connectivity index (χ1v) is 8.98. The van der Waals surface area contributed by atoms with Gasteiger partial charge >= 0.3 is 6.03 Å². The maximum absolute atomic E-state index is 12.3. The first-order valence-electron chi connectivity index (χ1n) is 8.10. The molecule has 0 saturated heterocycles. The fourth-order valence-electron chi connectivity index (χ4n) is 2.89. The van der Waals surface area contributed by atoms with E-state index in [4.69, 9.17) is 9.47 Å². The molecule has 7 heteroatoms. The average molecular weight is 362 g/mol. The Bertz CT molecular complexity index is 731. The second kappa shape index (κ2) is 7.33. The van der Waals surface area contributed by atoms with Gasteiger partial charge in [0.15, 0.2) is 11.5 Å². The van der Waals surface area contributed by atoms with Crippen molar-refractivity contribution in [1.82, 2.24) is 5.32 Å². The molecule has 0 radical (unpaired) electrons. The maximum atomic E-state index is 12.3. The lowest BCUT2D eigenvalue weighted by Gasteiger charge is -2.27. The molecule has 2 amide bonds. The van der Waals surface area contributed by atoms with E-state index in [0.29, 0.717) is 17.2 Å². The minimum atomic E-state index is -1.01. The molecule has 2 aromatic rings. The van der Waals surface area contributed by atoms with E-state index in [1.807, 2.05) is 17.5 Å². The van der Waals surface area contributed by atoms with Gasteiger partial charge in [-0.3, -0.25) is 0 Å². The molecule has 6 nitrogen and oxygen atoms in total. The Morgan fingerprint density at radius 3 is 2.68 bits per heavy atom. The normalized spacial score (nSPS) is 16.0. The Hall–Kier alpha value is -2.25. The number of rotatable bonds is 7. The highest BCUT2D eigenvalue weighted by molar-refractivity contribution is 7.10. The van der Waals surface area contributed by atoms with Crippen LogP contribution in [0.4, 0.5) is 10.5 Å². The molecule has 1 heterocycles. The van der Waals surface area contributed by atoms with E-state index in [-0.39, 0.29) is 12.5 Å². The molecule has 3 N–H and O–H groups in total. The predicted octanol–water partition coefficient (Wildman–Crippen LogP) is 3.18. The van der Waals surface area contributed by atoms with E-state index in [9.17, 15) is 9.90 Å². The molecule has 1 aromatic carbocycles. The second-order valence-electron chi connectivity index (χ2n) is 6.02. The van der Waals surface area contributed by atoms with Crippen LogP contribution < -0.4 is 20.1 Å². The summed E-state index contributed by atoms with van der Waals surface area (Å²) in [6.45, 7) is 0.163. The van der Waals surface area contributed by atoms with E-state index in [1.54, 1.807) is 25.3 Å². The van der Waals surface area contributed by atoms with Crippen molar-refractivity contribution in [2.24, 2.45) is 5.92 Å². The van der Waals surface area contributed by atoms with E-state index >= 15 is 0 Å². The van der Waals surface area contributed by atoms with Crippen LogP contribution >= 0.6 is 11.3 Å². The minimum Gasteiger partial charge on any atom is -0.493 e. The highest BCUT2D eigenvalue weighted by Gasteiger charge is 2.46. The van der Waals surface area contributed by atoms with E-state index in [2.05, 4.69) is 10.6 Å². The molecular weight excluding hydrogens is 340 g/mol. The summed E-state index contributed by atoms with van der Waals surface area (Å²) in [4.78, 5) is 13.2. The van der Waals surface area contributed by atoms with Gasteiger partial charge in [0.1, 0.15) is 5.60 Å². The topological polar surface area (TPSA) is 79.8 Å². The molecule has 1 saturated carbocycles. The molecule has 0 spiro atoms. The summed E-state index contributed by atoms with van der Waals surface area (Å²) >= 11 is 1.51. The molecule has 0 bridgehead atoms. The molecule has 3 rings (SSSR count). The first-order chi connectivity index (χ1) is 12.1. The summed E-state index contributed by atoms with van der Waals surface area (Å²) in [5.74, 6) is 1.18. The molecule has 1 aliphatic rings. The van der Waals surface area contributed by atoms with E-state index < -0.39 is 11.6 Å². The summed E-state index contributed by atoms with van der Waals surface area (Å²) in [6.07, 6.45) is 1.95. The number of carbonyl (C=O) groups excluding carboxylic acids is 1. The van der Waals surface area contributed by atoms with Crippen molar-refractivity contribution >= 4 is 23.1 Å². The number of hydrogen-bond donors (Lipinski definition) is 3. The van der Waals surface area contributed by atoms with Crippen LogP contribution in [0.25, 0.3) is 0 Å². The number of para-hydroxylation sites is 1. The third kappa shape index (κ3) is 3.72. The zero-order valence-corrected chi connectivity index (χ0v) is 15.1. The molecule has 0 aliphatic heterocycles. The zero-order chi connectivity index (χ0) is 17.9. The lowest BCUT2D eigenvalue weighted by Crippen LogP contribution is -2.43. The Morgan fingerprint density at radius 1 is 1.28 bits per heavy atom. The van der Waals surface area contributed by atoms with Crippen LogP contribution in [0.15, 0.2) is 35.7 Å². The Balaban J connectivity index is 1.67. The third-order valence-corrected chi connectivity index (χ3v) is 5.41. The van der Waals surface area contributed by atoms with Crippen LogP contribution in [0.3, 0.4) is 0 Å². The van der Waals surface area contributed by atoms with E-state index in [0.717, 1.165) is 17.7 Å². The van der Waals surface area contributed by atoms with Gasteiger partial charge in [0.2, 0.25) is 0 Å². The molecular formula is C18H22N2O4S. The van der Waals surface area contributed by atoms with Gasteiger partial charge < -0.3 is 25.2 Å². The van der Waals surface area contributed by atoms with Gasteiger partial charge in [-0.1, -0.05) is 12.1 Å². The van der Waals surface area contributed by atoms with Crippen LogP contribution in [-0.2, 0) is 5.60 Å². The Labute approximate surface area is 150 Å². The molecule has 134 valence electrons. The van der Waals surface area contributed by atoms with Gasteiger partial charge in [0.25, 0.3) is 0 Å². The smallest absolute Gasteiger partial charge is 0.319 e. The minimum absolute atomic E-state index is 0.163. The van der Waals surface area contributed by atoms with Crippen LogP contribution in [0, 0.1) is 5.92 Å². The number of amides is 2. The number of hydrogen-bond acceptors (Lipinski definition) is 5. The van der Waals surface area contributed by atoms with E-state index in [1.165, 1.54) is 18.4 Å². The molecule has 1 aliphatic carbocycles. The second-order valence-corrected chi connectivity index (χ2v) is 6.97. The molecule has 1 aromatic heterocycles. The number of ether oxygens (including phenoxy) is 2. The van der Waals surface area contributed by atoms with Crippen LogP contribution in [0.1, 0.15) is 17.7 Å². The summed E-state index contributed by atoms with van der Waals surface area (Å²) < 4.78 is 10.5. The van der Waals surface area contributed by atoms with Crippen molar-refractivity contribution in [2.75, 3.05) is 26.1 Å². The Kier molecular flexibility index (Phi) is 5.15. The van der Waals surface area contributed by atoms with Crippen LogP contribution in [0.5, 0.6) is 11.5 Å². The monoisotopic (exact) mass is 362 g/mol. The number of nitrogens with one attached hydrogen (secondary N) is 2. The third-order valence-electron chi connectivity index (χ3n) is 4.37. The predicted molar refractivity (Wildman–Crippen MR) is 97.5 cm³/mol. The van der Waals surface area contributed by atoms with Gasteiger partial charge in [-0.15, -0.1) is 11.3 Å². The number of urea groups is 1. The largest absolute Gasteiger partial charge is 0.493 e. The van der Waals surface area contributed by atoms with Crippen molar-refractivity contribution in [1.29, 1.82) is 0 Å². The Morgan fingerprint density at radius 2 is 2.08 bits per heavy atom. The summed E-state index contributed by atoms with van der Waals surface area (Å²) in [5, 5.41) is 18.5. The summed E-state index contributed by atoms with van der Waals surface area (Å²) in [5.41, 5.74) is -0.505. The van der Waals surface area contributed by atoms with Crippen LogP contribution in [-0.4, -0.2) is 31.9 Å². The zero-order valence-electron chi connectivity index (χ0n) is 14.2. The van der Waals surface area contributed by atoms with Crippen molar-refractivity contribution in [3.05, 3.63) is 40.6 Å². The van der Waals surface area contributed by atoms with Gasteiger partial charge in [0, 0.05) is 4.88 Å². The number of benzene rings is 1. The van der Waals surface area contributed by atoms with Crippen molar-refractivity contribution in [2.45, 2.75) is 18.4 Å². The molecule has 1 fully saturated rings. The number of carbonyl (C=O) groups is 1. The lowest BCUT2D eigenvalue weighted by atomic mass is 9.96. The summed E-state index contributed by atoms with van der Waals surface area (Å²) in [6, 6.07) is 8.67. The highest BCUT2D eigenvalue weighted by atomic mass is 32.1. The quantitative estimate of drug-likeness (QED) is 0.707. The molecule has 25 heavy (non-hydrogen) atoms.